The molecule has 0 aliphatic rings. The van der Waals surface area contributed by atoms with E-state index in [9.17, 15) is 9.59 Å². The van der Waals surface area contributed by atoms with Crippen LogP contribution in [0.2, 0.25) is 0 Å². The Morgan fingerprint density at radius 1 is 1.22 bits per heavy atom. The quantitative estimate of drug-likeness (QED) is 0.688. The van der Waals surface area contributed by atoms with Gasteiger partial charge >= 0.3 is 5.69 Å². The maximum Gasteiger partial charge on any atom is 0.329 e. The number of nitrogens with one attached hydrogen (secondary N) is 1. The molecule has 0 fully saturated rings. The zero-order valence-electron chi connectivity index (χ0n) is 9.51. The van der Waals surface area contributed by atoms with Crippen molar-refractivity contribution >= 4 is 11.0 Å². The van der Waals surface area contributed by atoms with Gasteiger partial charge in [-0.1, -0.05) is 35.5 Å². The Labute approximate surface area is 100 Å². The molecule has 1 N–H and O–H groups in total. The molecular formula is C12H9N3O3. The Hall–Kier alpha value is -2.63. The molecular weight excluding hydrogens is 234 g/mol. The highest BCUT2D eigenvalue weighted by atomic mass is 16.5. The molecule has 6 nitrogen and oxygen atoms in total. The van der Waals surface area contributed by atoms with Gasteiger partial charge in [-0.05, 0) is 0 Å². The van der Waals surface area contributed by atoms with Gasteiger partial charge in [-0.3, -0.25) is 14.3 Å². The Bertz CT molecular complexity index is 827. The fraction of sp³-hybridized carbons (Fsp3) is 0.0833. The van der Waals surface area contributed by atoms with Crippen LogP contribution in [0.25, 0.3) is 22.4 Å². The molecule has 1 aromatic carbocycles. The van der Waals surface area contributed by atoms with Crippen LogP contribution in [0.4, 0.5) is 0 Å². The summed E-state index contributed by atoms with van der Waals surface area (Å²) in [5.41, 5.74) is -0.0274. The lowest BCUT2D eigenvalue weighted by Crippen LogP contribution is -2.32. The van der Waals surface area contributed by atoms with Crippen LogP contribution in [0.1, 0.15) is 0 Å². The van der Waals surface area contributed by atoms with Crippen LogP contribution >= 0.6 is 0 Å². The fourth-order valence-electron chi connectivity index (χ4n) is 1.81. The molecule has 90 valence electrons. The molecule has 0 unspecified atom stereocenters. The first-order chi connectivity index (χ1) is 8.68. The van der Waals surface area contributed by atoms with E-state index in [1.165, 1.54) is 7.05 Å². The first-order valence-corrected chi connectivity index (χ1v) is 5.32. The molecule has 2 aromatic heterocycles. The number of H-pyrrole nitrogens is 1. The average molecular weight is 243 g/mol. The smallest absolute Gasteiger partial charge is 0.329 e. The molecule has 0 aliphatic carbocycles. The van der Waals surface area contributed by atoms with E-state index in [0.29, 0.717) is 5.76 Å². The number of nitrogens with zero attached hydrogens (tertiary/aromatic N) is 2. The molecule has 18 heavy (non-hydrogen) atoms. The van der Waals surface area contributed by atoms with Gasteiger partial charge < -0.3 is 4.52 Å². The summed E-state index contributed by atoms with van der Waals surface area (Å²) in [5, 5.41) is 3.99. The molecule has 0 amide bonds. The number of hydrogen-bond acceptors (Lipinski definition) is 4. The Morgan fingerprint density at radius 3 is 2.67 bits per heavy atom. The van der Waals surface area contributed by atoms with Gasteiger partial charge in [-0.15, -0.1) is 0 Å². The number of aromatic amines is 1. The maximum absolute atomic E-state index is 12.0. The lowest BCUT2D eigenvalue weighted by Gasteiger charge is -1.97. The number of rotatable bonds is 1. The largest absolute Gasteiger partial charge is 0.353 e. The van der Waals surface area contributed by atoms with E-state index in [2.05, 4.69) is 10.1 Å². The maximum atomic E-state index is 12.0. The van der Waals surface area contributed by atoms with E-state index in [1.807, 2.05) is 30.3 Å². The summed E-state index contributed by atoms with van der Waals surface area (Å²) < 4.78 is 6.15. The summed E-state index contributed by atoms with van der Waals surface area (Å²) in [5.74, 6) is 0.363. The normalized spacial score (nSPS) is 10.9. The number of aromatic nitrogens is 3. The highest BCUT2D eigenvalue weighted by Gasteiger charge is 2.16. The number of benzene rings is 1. The second-order valence-electron chi connectivity index (χ2n) is 3.90. The van der Waals surface area contributed by atoms with Gasteiger partial charge in [-0.25, -0.2) is 4.79 Å². The summed E-state index contributed by atoms with van der Waals surface area (Å²) in [6.45, 7) is 0. The summed E-state index contributed by atoms with van der Waals surface area (Å²) in [4.78, 5) is 26.0. The summed E-state index contributed by atoms with van der Waals surface area (Å²) in [6, 6.07) is 9.15. The molecule has 2 heterocycles. The molecule has 0 atom stereocenters. The second-order valence-corrected chi connectivity index (χ2v) is 3.90. The molecule has 0 saturated heterocycles. The van der Waals surface area contributed by atoms with Gasteiger partial charge in [0.25, 0.3) is 5.56 Å². The van der Waals surface area contributed by atoms with E-state index >= 15 is 0 Å². The molecule has 0 spiro atoms. The lowest BCUT2D eigenvalue weighted by atomic mass is 10.1. The van der Waals surface area contributed by atoms with Crippen molar-refractivity contribution in [2.75, 3.05) is 0 Å². The predicted octanol–water partition coefficient (Wildman–Crippen LogP) is 0.882. The Kier molecular flexibility index (Phi) is 2.16. The van der Waals surface area contributed by atoms with Crippen LogP contribution in [0.3, 0.4) is 0 Å². The van der Waals surface area contributed by atoms with Crippen molar-refractivity contribution in [3.05, 3.63) is 51.2 Å². The van der Waals surface area contributed by atoms with Crippen LogP contribution in [-0.4, -0.2) is 14.7 Å². The number of fused-ring (bicyclic) bond motifs is 1. The highest BCUT2D eigenvalue weighted by Crippen LogP contribution is 2.24. The minimum absolute atomic E-state index is 0.168. The molecule has 0 saturated carbocycles. The van der Waals surface area contributed by atoms with Crippen molar-refractivity contribution in [3.8, 4) is 11.3 Å². The summed E-state index contributed by atoms with van der Waals surface area (Å²) in [7, 11) is 1.41. The van der Waals surface area contributed by atoms with Crippen LogP contribution in [0.5, 0.6) is 0 Å². The third-order valence-corrected chi connectivity index (χ3v) is 2.78. The minimum Gasteiger partial charge on any atom is -0.353 e. The van der Waals surface area contributed by atoms with Gasteiger partial charge in [0, 0.05) is 12.6 Å². The van der Waals surface area contributed by atoms with Crippen LogP contribution < -0.4 is 11.2 Å². The molecule has 3 rings (SSSR count). The Morgan fingerprint density at radius 2 is 1.94 bits per heavy atom. The van der Waals surface area contributed by atoms with E-state index in [1.54, 1.807) is 0 Å². The number of hydrogen-bond donors (Lipinski definition) is 1. The van der Waals surface area contributed by atoms with Crippen molar-refractivity contribution < 1.29 is 4.52 Å². The fourth-order valence-corrected chi connectivity index (χ4v) is 1.81. The topological polar surface area (TPSA) is 80.9 Å². The second kappa shape index (κ2) is 3.69. The lowest BCUT2D eigenvalue weighted by molar-refractivity contribution is 0.439. The van der Waals surface area contributed by atoms with E-state index in [4.69, 9.17) is 4.52 Å². The van der Waals surface area contributed by atoms with Gasteiger partial charge in [0.05, 0.1) is 0 Å². The molecule has 0 aliphatic heterocycles. The van der Waals surface area contributed by atoms with Crippen LogP contribution in [-0.2, 0) is 7.05 Å². The van der Waals surface area contributed by atoms with Gasteiger partial charge in [-0.2, -0.15) is 0 Å². The first kappa shape index (κ1) is 10.5. The molecule has 0 bridgehead atoms. The van der Waals surface area contributed by atoms with Crippen molar-refractivity contribution in [2.24, 2.45) is 7.05 Å². The Balaban J connectivity index is 2.44. The monoisotopic (exact) mass is 243 g/mol. The minimum atomic E-state index is -0.514. The van der Waals surface area contributed by atoms with Crippen molar-refractivity contribution in [1.82, 2.24) is 14.7 Å². The van der Waals surface area contributed by atoms with Crippen molar-refractivity contribution in [1.29, 1.82) is 0 Å². The molecule has 6 heteroatoms. The van der Waals surface area contributed by atoms with E-state index in [0.717, 1.165) is 10.1 Å². The average Bonchev–Trinajstić information content (AvgIpc) is 2.81. The highest BCUT2D eigenvalue weighted by molar-refractivity contribution is 5.88. The van der Waals surface area contributed by atoms with Crippen molar-refractivity contribution in [2.45, 2.75) is 0 Å². The SMILES string of the molecule is Cn1c(=O)[nH]c2noc(-c3ccccc3)c2c1=O. The van der Waals surface area contributed by atoms with Gasteiger partial charge in [0.1, 0.15) is 5.39 Å². The van der Waals surface area contributed by atoms with Gasteiger partial charge in [0.15, 0.2) is 11.4 Å². The molecule has 3 aromatic rings. The first-order valence-electron chi connectivity index (χ1n) is 5.32. The van der Waals surface area contributed by atoms with Crippen molar-refractivity contribution in [3.63, 3.8) is 0 Å². The van der Waals surface area contributed by atoms with Crippen LogP contribution in [0.15, 0.2) is 44.4 Å². The zero-order valence-corrected chi connectivity index (χ0v) is 9.51. The summed E-state index contributed by atoms with van der Waals surface area (Å²) in [6.07, 6.45) is 0. The van der Waals surface area contributed by atoms with Gasteiger partial charge in [0.2, 0.25) is 0 Å². The molecule has 0 radical (unpaired) electrons. The predicted molar refractivity (Wildman–Crippen MR) is 65.3 cm³/mol. The standard InChI is InChI=1S/C12H9N3O3/c1-15-11(16)8-9(7-5-3-2-4-6-7)18-14-10(8)13-12(15)17/h2-6H,1H3,(H,13,14,17). The zero-order chi connectivity index (χ0) is 12.7. The third-order valence-electron chi connectivity index (χ3n) is 2.78. The summed E-state index contributed by atoms with van der Waals surface area (Å²) >= 11 is 0. The van der Waals surface area contributed by atoms with E-state index in [-0.39, 0.29) is 11.0 Å². The third kappa shape index (κ3) is 1.39. The van der Waals surface area contributed by atoms with Crippen LogP contribution in [0, 0.1) is 0 Å². The van der Waals surface area contributed by atoms with E-state index < -0.39 is 11.2 Å².